The van der Waals surface area contributed by atoms with Gasteiger partial charge in [-0.3, -0.25) is 72.5 Å². The second-order valence-corrected chi connectivity index (χ2v) is 31.7. The number of thioether (sulfide) groups is 1. The number of carbonyl (C=O) groups excluding carboxylic acids is 14. The predicted octanol–water partition coefficient (Wildman–Crippen LogP) is -0.862. The van der Waals surface area contributed by atoms with Crippen molar-refractivity contribution in [1.29, 1.82) is 5.41 Å². The van der Waals surface area contributed by atoms with E-state index in [4.69, 9.17) is 16.9 Å². The van der Waals surface area contributed by atoms with Crippen molar-refractivity contribution in [2.24, 2.45) is 23.3 Å². The molecule has 1 fully saturated rings. The first-order valence-electron chi connectivity index (χ1n) is 40.1. The third kappa shape index (κ3) is 30.3. The Kier molecular flexibility index (Phi) is 36.1. The number of nitrogens with one attached hydrogen (secondary N) is 15. The van der Waals surface area contributed by atoms with E-state index in [0.29, 0.717) is 44.3 Å². The van der Waals surface area contributed by atoms with Crippen LogP contribution in [0, 0.1) is 17.2 Å². The molecule has 8 rings (SSSR count). The lowest BCUT2D eigenvalue weighted by Gasteiger charge is -2.33. The van der Waals surface area contributed by atoms with Crippen molar-refractivity contribution in [3.63, 3.8) is 0 Å². The van der Waals surface area contributed by atoms with Crippen molar-refractivity contribution in [3.05, 3.63) is 197 Å². The van der Waals surface area contributed by atoms with Gasteiger partial charge in [-0.05, 0) is 107 Å². The number of carbonyl (C=O) groups is 14. The summed E-state index contributed by atoms with van der Waals surface area (Å²) >= 11 is 0.809. The fourth-order valence-corrected chi connectivity index (χ4v) is 14.4. The molecular formula is C86H108N18O18S. The van der Waals surface area contributed by atoms with E-state index in [9.17, 15) is 63.6 Å². The SMILES string of the molecule is CC(C)C[C@@H]1NC(=O)[C@H](Cc2ccccc2)N(C)C(=O)[C@H](Cc2ccc(O)cc2)NC(=O)[C@H](Cc2c[nH]c3ccccc23)NC(=O)CNC(=O)[C@H](CO)NC(=O)[C@H](Cc2ccc(O)cc2)NC(=O)[C@H](C(C)C)NC(=O)[C@H](CCCNC(=N)N)NC(=O)[C@H](Cc2ccc(O)cc2)NC(=O)[C@H](Cc2ccccc2)NC(=O)CSC[C@@H](C(=O)NCC(N)=O)NC1=O. The molecule has 1 saturated heterocycles. The van der Waals surface area contributed by atoms with Crippen molar-refractivity contribution in [3.8, 4) is 17.2 Å². The molecule has 123 heavy (non-hydrogen) atoms. The highest BCUT2D eigenvalue weighted by Gasteiger charge is 2.40. The van der Waals surface area contributed by atoms with E-state index in [1.165, 1.54) is 79.8 Å². The fourth-order valence-electron chi connectivity index (χ4n) is 13.5. The number of amides is 14. The molecule has 1 aliphatic rings. The summed E-state index contributed by atoms with van der Waals surface area (Å²) in [5.41, 5.74) is 14.4. The zero-order valence-corrected chi connectivity index (χ0v) is 69.5. The topological polar surface area (TPSA) is 571 Å². The number of rotatable bonds is 23. The predicted molar refractivity (Wildman–Crippen MR) is 457 cm³/mol. The molecule has 0 spiro atoms. The molecule has 37 heteroatoms. The molecule has 14 amide bonds. The molecule has 1 aliphatic heterocycles. The van der Waals surface area contributed by atoms with E-state index in [0.717, 1.165) is 16.7 Å². The van der Waals surface area contributed by atoms with Gasteiger partial charge < -0.3 is 111 Å². The van der Waals surface area contributed by atoms with Crippen molar-refractivity contribution in [2.75, 3.05) is 44.8 Å². The molecule has 2 heterocycles. The van der Waals surface area contributed by atoms with Crippen LogP contribution in [-0.4, -0.2) is 230 Å². The number of likely N-dealkylation sites (N-methyl/N-ethyl adjacent to an activating group) is 1. The highest BCUT2D eigenvalue weighted by Crippen LogP contribution is 2.23. The fraction of sp³-hybridized carbons (Fsp3) is 0.384. The van der Waals surface area contributed by atoms with E-state index in [1.54, 1.807) is 119 Å². The summed E-state index contributed by atoms with van der Waals surface area (Å²) in [6, 6.07) is 23.4. The first kappa shape index (κ1) is 94.9. The van der Waals surface area contributed by atoms with Gasteiger partial charge in [-0.25, -0.2) is 0 Å². The summed E-state index contributed by atoms with van der Waals surface area (Å²) in [7, 11) is 1.31. The number of hydrogen-bond donors (Lipinski definition) is 21. The Morgan fingerprint density at radius 2 is 0.935 bits per heavy atom. The average molecular weight is 1710 g/mol. The maximum Gasteiger partial charge on any atom is 0.245 e. The van der Waals surface area contributed by atoms with Crippen LogP contribution < -0.4 is 80.6 Å². The third-order valence-electron chi connectivity index (χ3n) is 20.1. The zero-order chi connectivity index (χ0) is 89.4. The Balaban J connectivity index is 1.20. The number of phenolic OH excluding ortho intramolecular Hbond substituents is 3. The largest absolute Gasteiger partial charge is 0.508 e. The summed E-state index contributed by atoms with van der Waals surface area (Å²) in [6.45, 7) is 3.93. The molecule has 0 aliphatic carbocycles. The van der Waals surface area contributed by atoms with Gasteiger partial charge in [0.15, 0.2) is 5.96 Å². The highest BCUT2D eigenvalue weighted by atomic mass is 32.2. The Labute approximate surface area is 714 Å². The van der Waals surface area contributed by atoms with E-state index in [1.807, 2.05) is 0 Å². The molecule has 0 unspecified atom stereocenters. The minimum Gasteiger partial charge on any atom is -0.508 e. The maximum atomic E-state index is 15.6. The normalized spacial score (nSPS) is 21.8. The molecule has 36 nitrogen and oxygen atoms in total. The number of aliphatic hydroxyl groups excluding tert-OH is 1. The summed E-state index contributed by atoms with van der Waals surface area (Å²) < 4.78 is 0. The molecule has 6 aromatic carbocycles. The lowest BCUT2D eigenvalue weighted by molar-refractivity contribution is -0.143. The van der Waals surface area contributed by atoms with E-state index in [-0.39, 0.29) is 87.5 Å². The lowest BCUT2D eigenvalue weighted by atomic mass is 9.98. The van der Waals surface area contributed by atoms with Crippen LogP contribution in [0.3, 0.4) is 0 Å². The van der Waals surface area contributed by atoms with Crippen molar-refractivity contribution in [1.82, 2.24) is 79.0 Å². The number of primary amides is 1. The van der Waals surface area contributed by atoms with Crippen LogP contribution in [0.1, 0.15) is 80.3 Å². The number of hydrogen-bond acceptors (Lipinski definition) is 20. The Bertz CT molecular complexity index is 4830. The first-order valence-corrected chi connectivity index (χ1v) is 41.2. The molecule has 11 atom stereocenters. The van der Waals surface area contributed by atoms with Gasteiger partial charge in [-0.1, -0.05) is 143 Å². The lowest BCUT2D eigenvalue weighted by Crippen LogP contribution is -2.61. The van der Waals surface area contributed by atoms with Gasteiger partial charge in [0.05, 0.1) is 25.4 Å². The number of H-pyrrole nitrogens is 1. The number of aromatic amines is 1. The zero-order valence-electron chi connectivity index (χ0n) is 68.7. The van der Waals surface area contributed by atoms with E-state index < -0.39 is 192 Å². The standard InChI is InChI=1S/C86H108N18O18S/c1-48(2)35-62-78(115)102-69(76(113)92-43-71(87)109)46-123-47-73(111)95-63(36-50-15-8-6-9-16-50)79(116)97-64(37-52-22-28-56(106)29-23-52)80(117)96-61(21-14-34-90-86(88)89)77(114)103-74(49(3)4)84(121)99-65(38-53-24-30-57(107)31-25-53)81(118)101-68(45-105)75(112)93-44-72(110)94-66(41-55-42-91-60-20-13-12-19-59(55)60)82(119)100-67(39-54-26-32-58(108)33-27-54)85(122)104(5)70(83(120)98-62)40-51-17-10-7-11-18-51/h6-13,15-20,22-33,42,48-49,61-70,74,91,105-108H,14,21,34-41,43-47H2,1-5H3,(H2,87,109)(H,92,113)(H,93,112)(H,94,110)(H,95,111)(H,96,117)(H,97,116)(H,98,120)(H,99,121)(H,100,119)(H,101,118)(H,102,115)(H,103,114)(H4,88,89,90)/t61-,62-,63-,64-,65-,66-,67-,68-,69-,70-,74-/m0/s1. The van der Waals surface area contributed by atoms with Crippen LogP contribution in [0.25, 0.3) is 10.9 Å². The van der Waals surface area contributed by atoms with Gasteiger partial charge in [0.2, 0.25) is 82.7 Å². The third-order valence-corrected chi connectivity index (χ3v) is 21.2. The molecule has 23 N–H and O–H groups in total. The molecule has 7 aromatic rings. The van der Waals surface area contributed by atoms with Gasteiger partial charge in [0.25, 0.3) is 0 Å². The molecule has 0 saturated carbocycles. The number of para-hydroxylation sites is 1. The number of phenols is 3. The van der Waals surface area contributed by atoms with Crippen LogP contribution in [0.5, 0.6) is 17.2 Å². The minimum atomic E-state index is -1.85. The van der Waals surface area contributed by atoms with Gasteiger partial charge >= 0.3 is 0 Å². The molecule has 1 aromatic heterocycles. The van der Waals surface area contributed by atoms with Crippen LogP contribution >= 0.6 is 11.8 Å². The van der Waals surface area contributed by atoms with Gasteiger partial charge in [0, 0.05) is 75.0 Å². The number of aliphatic hydroxyl groups is 1. The van der Waals surface area contributed by atoms with Gasteiger partial charge in [0.1, 0.15) is 83.7 Å². The summed E-state index contributed by atoms with van der Waals surface area (Å²) in [4.78, 5) is 209. The maximum absolute atomic E-state index is 15.6. The number of aromatic hydroxyl groups is 3. The Morgan fingerprint density at radius 3 is 1.46 bits per heavy atom. The quantitative estimate of drug-likeness (QED) is 0.0210. The van der Waals surface area contributed by atoms with Crippen molar-refractivity contribution in [2.45, 2.75) is 152 Å². The summed E-state index contributed by atoms with van der Waals surface area (Å²) in [5, 5.41) is 84.3. The number of benzene rings is 6. The van der Waals surface area contributed by atoms with Crippen molar-refractivity contribution < 1.29 is 87.5 Å². The Hall–Kier alpha value is -13.6. The summed E-state index contributed by atoms with van der Waals surface area (Å²) in [6.07, 6.45) is -0.219. The molecule has 0 bridgehead atoms. The summed E-state index contributed by atoms with van der Waals surface area (Å²) in [5.74, 6) is -16.3. The molecular weight excluding hydrogens is 1610 g/mol. The van der Waals surface area contributed by atoms with Crippen LogP contribution in [0.15, 0.2) is 164 Å². The molecule has 656 valence electrons. The van der Waals surface area contributed by atoms with Crippen LogP contribution in [0.2, 0.25) is 0 Å². The number of fused-ring (bicyclic) bond motifs is 1. The number of guanidine groups is 1. The second kappa shape index (κ2) is 46.8. The minimum absolute atomic E-state index is 0.00465. The average Bonchev–Trinajstić information content (AvgIpc) is 1.79. The van der Waals surface area contributed by atoms with Crippen molar-refractivity contribution >= 4 is 111 Å². The second-order valence-electron chi connectivity index (χ2n) is 30.6. The number of aromatic nitrogens is 1. The van der Waals surface area contributed by atoms with Gasteiger partial charge in [-0.2, -0.15) is 0 Å². The monoisotopic (exact) mass is 1710 g/mol. The highest BCUT2D eigenvalue weighted by molar-refractivity contribution is 8.00. The Morgan fingerprint density at radius 1 is 0.488 bits per heavy atom. The number of nitrogens with two attached hydrogens (primary N) is 2. The van der Waals surface area contributed by atoms with Gasteiger partial charge in [-0.15, -0.1) is 11.8 Å². The van der Waals surface area contributed by atoms with Crippen LogP contribution in [0.4, 0.5) is 0 Å². The molecule has 0 radical (unpaired) electrons. The van der Waals surface area contributed by atoms with Crippen LogP contribution in [-0.2, 0) is 106 Å². The van der Waals surface area contributed by atoms with E-state index >= 15 is 24.0 Å². The van der Waals surface area contributed by atoms with E-state index in [2.05, 4.69) is 74.1 Å². The first-order chi connectivity index (χ1) is 58.7. The number of nitrogens with zero attached hydrogens (tertiary/aromatic N) is 1. The smallest absolute Gasteiger partial charge is 0.245 e.